The lowest BCUT2D eigenvalue weighted by Crippen LogP contribution is -2.42. The van der Waals surface area contributed by atoms with Gasteiger partial charge in [-0.1, -0.05) is 6.92 Å². The second-order valence-electron chi connectivity index (χ2n) is 5.01. The van der Waals surface area contributed by atoms with Gasteiger partial charge in [0.2, 0.25) is 0 Å². The lowest BCUT2D eigenvalue weighted by molar-refractivity contribution is -0.385. The molecule has 7 heteroatoms. The van der Waals surface area contributed by atoms with Crippen LogP contribution in [0.15, 0.2) is 12.1 Å². The number of benzene rings is 1. The smallest absolute Gasteiger partial charge is 0.313 e. The average molecular weight is 284 g/mol. The highest BCUT2D eigenvalue weighted by atomic mass is 19.1. The predicted molar refractivity (Wildman–Crippen MR) is 71.6 cm³/mol. The first-order chi connectivity index (χ1) is 9.43. The van der Waals surface area contributed by atoms with Gasteiger partial charge in [-0.2, -0.15) is 0 Å². The molecule has 0 saturated carbocycles. The Morgan fingerprint density at radius 1 is 1.55 bits per heavy atom. The van der Waals surface area contributed by atoms with Gasteiger partial charge in [0.1, 0.15) is 0 Å². The Balaban J connectivity index is 2.35. The number of piperidine rings is 1. The molecule has 0 aromatic heterocycles. The van der Waals surface area contributed by atoms with E-state index in [1.165, 1.54) is 13.2 Å². The number of nitro benzene ring substituents is 1. The van der Waals surface area contributed by atoms with Crippen molar-refractivity contribution >= 4 is 11.4 Å². The number of ether oxygens (including phenoxy) is 1. The van der Waals surface area contributed by atoms with E-state index in [1.807, 2.05) is 6.92 Å². The number of nitrogens with zero attached hydrogens (tertiary/aromatic N) is 2. The second kappa shape index (κ2) is 5.62. The standard InChI is InChI=1S/C13H17FN2O4/c1-8-7-15(4-3-12(8)17)10-6-13(20-2)11(16(18)19)5-9(10)14/h5-6,8,12,17H,3-4,7H2,1-2H3. The molecule has 0 spiro atoms. The molecule has 1 fully saturated rings. The number of halogens is 1. The van der Waals surface area contributed by atoms with E-state index in [4.69, 9.17) is 4.74 Å². The molecule has 0 aliphatic carbocycles. The number of hydrogen-bond donors (Lipinski definition) is 1. The van der Waals surface area contributed by atoms with Crippen molar-refractivity contribution in [1.82, 2.24) is 0 Å². The van der Waals surface area contributed by atoms with E-state index in [0.29, 0.717) is 19.5 Å². The molecule has 1 saturated heterocycles. The molecule has 1 aromatic rings. The first kappa shape index (κ1) is 14.5. The molecule has 1 aromatic carbocycles. The third-order valence-corrected chi connectivity index (χ3v) is 3.65. The minimum atomic E-state index is -0.672. The molecule has 2 rings (SSSR count). The number of nitro groups is 1. The summed E-state index contributed by atoms with van der Waals surface area (Å²) in [7, 11) is 1.31. The van der Waals surface area contributed by atoms with Gasteiger partial charge in [0, 0.05) is 19.2 Å². The van der Waals surface area contributed by atoms with Crippen molar-refractivity contribution < 1.29 is 19.2 Å². The molecule has 6 nitrogen and oxygen atoms in total. The maximum atomic E-state index is 14.1. The molecular weight excluding hydrogens is 267 g/mol. The Bertz CT molecular complexity index is 523. The maximum absolute atomic E-state index is 14.1. The fraction of sp³-hybridized carbons (Fsp3) is 0.538. The van der Waals surface area contributed by atoms with Crippen LogP contribution in [0.1, 0.15) is 13.3 Å². The zero-order valence-electron chi connectivity index (χ0n) is 11.4. The van der Waals surface area contributed by atoms with Crippen molar-refractivity contribution in [2.45, 2.75) is 19.4 Å². The van der Waals surface area contributed by atoms with E-state index in [9.17, 15) is 19.6 Å². The Hall–Kier alpha value is -1.89. The zero-order chi connectivity index (χ0) is 14.9. The summed E-state index contributed by atoms with van der Waals surface area (Å²) < 4.78 is 19.0. The largest absolute Gasteiger partial charge is 0.490 e. The third kappa shape index (κ3) is 2.67. The maximum Gasteiger partial charge on any atom is 0.313 e. The topological polar surface area (TPSA) is 75.8 Å². The molecule has 1 N–H and O–H groups in total. The van der Waals surface area contributed by atoms with Gasteiger partial charge in [-0.3, -0.25) is 10.1 Å². The first-order valence-electron chi connectivity index (χ1n) is 6.39. The van der Waals surface area contributed by atoms with E-state index < -0.39 is 16.8 Å². The fourth-order valence-corrected chi connectivity index (χ4v) is 2.43. The number of aliphatic hydroxyl groups excluding tert-OH is 1. The van der Waals surface area contributed by atoms with Gasteiger partial charge < -0.3 is 14.7 Å². The van der Waals surface area contributed by atoms with E-state index >= 15 is 0 Å². The molecule has 1 aliphatic rings. The van der Waals surface area contributed by atoms with Crippen LogP contribution in [-0.2, 0) is 0 Å². The zero-order valence-corrected chi connectivity index (χ0v) is 11.4. The number of anilines is 1. The quantitative estimate of drug-likeness (QED) is 0.678. The van der Waals surface area contributed by atoms with Gasteiger partial charge in [-0.15, -0.1) is 0 Å². The van der Waals surface area contributed by atoms with E-state index in [2.05, 4.69) is 0 Å². The molecule has 110 valence electrons. The number of aliphatic hydroxyl groups is 1. The summed E-state index contributed by atoms with van der Waals surface area (Å²) in [5.41, 5.74) is -0.120. The summed E-state index contributed by atoms with van der Waals surface area (Å²) in [5, 5.41) is 20.5. The summed E-state index contributed by atoms with van der Waals surface area (Å²) in [5.74, 6) is -0.601. The number of rotatable bonds is 3. The van der Waals surface area contributed by atoms with Gasteiger partial charge >= 0.3 is 5.69 Å². The summed E-state index contributed by atoms with van der Waals surface area (Å²) in [6.07, 6.45) is 0.147. The van der Waals surface area contributed by atoms with Crippen LogP contribution >= 0.6 is 0 Å². The molecular formula is C13H17FN2O4. The fourth-order valence-electron chi connectivity index (χ4n) is 2.43. The summed E-state index contributed by atoms with van der Waals surface area (Å²) in [6, 6.07) is 2.22. The first-order valence-corrected chi connectivity index (χ1v) is 6.39. The molecule has 1 heterocycles. The van der Waals surface area contributed by atoms with Crippen LogP contribution < -0.4 is 9.64 Å². The van der Waals surface area contributed by atoms with E-state index in [0.717, 1.165) is 6.07 Å². The summed E-state index contributed by atoms with van der Waals surface area (Å²) >= 11 is 0. The summed E-state index contributed by atoms with van der Waals surface area (Å²) in [4.78, 5) is 11.9. The second-order valence-corrected chi connectivity index (χ2v) is 5.01. The van der Waals surface area contributed by atoms with Gasteiger partial charge in [-0.05, 0) is 12.3 Å². The minimum Gasteiger partial charge on any atom is -0.490 e. The lowest BCUT2D eigenvalue weighted by atomic mass is 9.96. The van der Waals surface area contributed by atoms with Crippen LogP contribution in [-0.4, -0.2) is 36.3 Å². The van der Waals surface area contributed by atoms with Gasteiger partial charge in [0.15, 0.2) is 11.6 Å². The Labute approximate surface area is 115 Å². The van der Waals surface area contributed by atoms with Crippen LogP contribution in [0, 0.1) is 21.8 Å². The molecule has 0 amide bonds. The molecule has 0 bridgehead atoms. The highest BCUT2D eigenvalue weighted by Gasteiger charge is 2.28. The molecule has 0 radical (unpaired) electrons. The van der Waals surface area contributed by atoms with Crippen molar-refractivity contribution in [1.29, 1.82) is 0 Å². The highest BCUT2D eigenvalue weighted by Crippen LogP contribution is 2.35. The van der Waals surface area contributed by atoms with Gasteiger partial charge in [0.25, 0.3) is 0 Å². The number of hydrogen-bond acceptors (Lipinski definition) is 5. The lowest BCUT2D eigenvalue weighted by Gasteiger charge is -2.36. The molecule has 2 atom stereocenters. The monoisotopic (exact) mass is 284 g/mol. The third-order valence-electron chi connectivity index (χ3n) is 3.65. The minimum absolute atomic E-state index is 0.0179. The van der Waals surface area contributed by atoms with Crippen LogP contribution in [0.4, 0.5) is 15.8 Å². The van der Waals surface area contributed by atoms with Crippen LogP contribution in [0.5, 0.6) is 5.75 Å². The van der Waals surface area contributed by atoms with Crippen molar-refractivity contribution in [3.63, 3.8) is 0 Å². The van der Waals surface area contributed by atoms with E-state index in [1.54, 1.807) is 4.90 Å². The predicted octanol–water partition coefficient (Wildman–Crippen LogP) is 1.95. The van der Waals surface area contributed by atoms with Gasteiger partial charge in [0.05, 0.1) is 29.9 Å². The normalized spacial score (nSPS) is 22.7. The Morgan fingerprint density at radius 2 is 2.25 bits per heavy atom. The molecule has 1 aliphatic heterocycles. The molecule has 20 heavy (non-hydrogen) atoms. The molecule has 2 unspecified atom stereocenters. The average Bonchev–Trinajstić information content (AvgIpc) is 2.41. The van der Waals surface area contributed by atoms with Crippen molar-refractivity contribution in [2.75, 3.05) is 25.1 Å². The SMILES string of the molecule is COc1cc(N2CCC(O)C(C)C2)c(F)cc1[N+](=O)[O-]. The Morgan fingerprint density at radius 3 is 2.80 bits per heavy atom. The van der Waals surface area contributed by atoms with Gasteiger partial charge in [-0.25, -0.2) is 4.39 Å². The van der Waals surface area contributed by atoms with E-state index in [-0.39, 0.29) is 23.0 Å². The summed E-state index contributed by atoms with van der Waals surface area (Å²) in [6.45, 7) is 2.89. The van der Waals surface area contributed by atoms with Crippen molar-refractivity contribution in [2.24, 2.45) is 5.92 Å². The number of methoxy groups -OCH3 is 1. The van der Waals surface area contributed by atoms with Crippen molar-refractivity contribution in [3.8, 4) is 5.75 Å². The van der Waals surface area contributed by atoms with Crippen LogP contribution in [0.3, 0.4) is 0 Å². The van der Waals surface area contributed by atoms with Crippen molar-refractivity contribution in [3.05, 3.63) is 28.1 Å². The highest BCUT2D eigenvalue weighted by molar-refractivity contribution is 5.60. The van der Waals surface area contributed by atoms with Crippen LogP contribution in [0.2, 0.25) is 0 Å². The Kier molecular flexibility index (Phi) is 4.08. The van der Waals surface area contributed by atoms with Crippen LogP contribution in [0.25, 0.3) is 0 Å².